The third-order valence-electron chi connectivity index (χ3n) is 3.62. The van der Waals surface area contributed by atoms with Gasteiger partial charge in [0, 0.05) is 10.5 Å². The minimum Gasteiger partial charge on any atom is -0.489 e. The maximum absolute atomic E-state index is 13.6. The number of fused-ring (bicyclic) bond motifs is 3. The van der Waals surface area contributed by atoms with Gasteiger partial charge in [0.05, 0.1) is 11.4 Å². The Morgan fingerprint density at radius 2 is 2.17 bits per heavy atom. The Hall–Kier alpha value is -2.54. The maximum atomic E-state index is 13.6. The highest BCUT2D eigenvalue weighted by Crippen LogP contribution is 2.35. The third kappa shape index (κ3) is 2.53. The molecule has 0 fully saturated rings. The highest BCUT2D eigenvalue weighted by Gasteiger charge is 2.20. The number of hydrogen-bond donors (Lipinski definition) is 1. The summed E-state index contributed by atoms with van der Waals surface area (Å²) in [6, 6.07) is 12.0. The summed E-state index contributed by atoms with van der Waals surface area (Å²) in [6.45, 7) is 0.160. The van der Waals surface area contributed by atoms with E-state index in [1.165, 1.54) is 6.07 Å². The molecular weight excluding hydrogens is 317 g/mol. The van der Waals surface area contributed by atoms with Gasteiger partial charge in [0.25, 0.3) is 0 Å². The lowest BCUT2D eigenvalue weighted by atomic mass is 10.2. The largest absolute Gasteiger partial charge is 0.489 e. The Labute approximate surface area is 135 Å². The van der Waals surface area contributed by atoms with Crippen LogP contribution < -0.4 is 10.4 Å². The quantitative estimate of drug-likeness (QED) is 0.803. The van der Waals surface area contributed by atoms with Crippen LogP contribution in [0.3, 0.4) is 0 Å². The number of aromatic amines is 1. The summed E-state index contributed by atoms with van der Waals surface area (Å²) in [5.74, 6) is 1.67. The van der Waals surface area contributed by atoms with Crippen molar-refractivity contribution in [2.24, 2.45) is 0 Å². The van der Waals surface area contributed by atoms with E-state index in [2.05, 4.69) is 10.2 Å². The van der Waals surface area contributed by atoms with E-state index in [0.717, 1.165) is 10.6 Å². The van der Waals surface area contributed by atoms with Gasteiger partial charge in [0.2, 0.25) is 0 Å². The molecule has 7 heteroatoms. The van der Waals surface area contributed by atoms with Crippen LogP contribution in [0.4, 0.5) is 4.39 Å². The van der Waals surface area contributed by atoms with Gasteiger partial charge in [-0.15, -0.1) is 11.8 Å². The third-order valence-corrected chi connectivity index (χ3v) is 4.66. The van der Waals surface area contributed by atoms with E-state index in [1.54, 1.807) is 40.6 Å². The molecular formula is C16H12FN3O2S. The number of thioether (sulfide) groups is 1. The summed E-state index contributed by atoms with van der Waals surface area (Å²) in [5.41, 5.74) is 1.04. The Morgan fingerprint density at radius 1 is 1.30 bits per heavy atom. The molecule has 2 aromatic carbocycles. The van der Waals surface area contributed by atoms with Crippen LogP contribution in [0.5, 0.6) is 5.75 Å². The smallest absolute Gasteiger partial charge is 0.348 e. The number of aromatic nitrogens is 3. The lowest BCUT2D eigenvalue weighted by Gasteiger charge is -2.17. The van der Waals surface area contributed by atoms with E-state index in [1.807, 2.05) is 12.1 Å². The van der Waals surface area contributed by atoms with Crippen LogP contribution in [0.1, 0.15) is 11.4 Å². The second-order valence-corrected chi connectivity index (χ2v) is 6.10. The molecule has 0 radical (unpaired) electrons. The molecule has 4 rings (SSSR count). The van der Waals surface area contributed by atoms with Crippen molar-refractivity contribution < 1.29 is 9.13 Å². The summed E-state index contributed by atoms with van der Waals surface area (Å²) < 4.78 is 20.8. The van der Waals surface area contributed by atoms with Crippen molar-refractivity contribution in [2.75, 3.05) is 0 Å². The lowest BCUT2D eigenvalue weighted by molar-refractivity contribution is 0.299. The molecule has 0 spiro atoms. The Balaban J connectivity index is 1.60. The average Bonchev–Trinajstić information content (AvgIpc) is 2.95. The predicted molar refractivity (Wildman–Crippen MR) is 84.5 cm³/mol. The van der Waals surface area contributed by atoms with Crippen LogP contribution in [-0.4, -0.2) is 14.8 Å². The highest BCUT2D eigenvalue weighted by atomic mass is 32.2. The van der Waals surface area contributed by atoms with Crippen LogP contribution in [-0.2, 0) is 12.4 Å². The molecule has 0 amide bonds. The summed E-state index contributed by atoms with van der Waals surface area (Å²) in [4.78, 5) is 12.8. The zero-order chi connectivity index (χ0) is 15.8. The lowest BCUT2D eigenvalue weighted by Crippen LogP contribution is -2.19. The number of benzene rings is 2. The molecule has 0 saturated carbocycles. The van der Waals surface area contributed by atoms with Crippen LogP contribution in [0, 0.1) is 5.82 Å². The van der Waals surface area contributed by atoms with Crippen LogP contribution in [0.25, 0.3) is 5.69 Å². The average molecular weight is 329 g/mol. The van der Waals surface area contributed by atoms with Crippen molar-refractivity contribution in [1.82, 2.24) is 14.8 Å². The molecule has 3 aromatic rings. The summed E-state index contributed by atoms with van der Waals surface area (Å²) >= 11 is 1.59. The molecule has 1 aliphatic heterocycles. The molecule has 0 aliphatic carbocycles. The topological polar surface area (TPSA) is 59.9 Å². The van der Waals surface area contributed by atoms with Gasteiger partial charge < -0.3 is 4.74 Å². The molecule has 116 valence electrons. The molecule has 1 aromatic heterocycles. The van der Waals surface area contributed by atoms with Crippen LogP contribution in [0.2, 0.25) is 0 Å². The maximum Gasteiger partial charge on any atom is 0.348 e. The minimum absolute atomic E-state index is 0.160. The van der Waals surface area contributed by atoms with Crippen molar-refractivity contribution in [3.05, 3.63) is 70.2 Å². The van der Waals surface area contributed by atoms with E-state index in [0.29, 0.717) is 22.9 Å². The molecule has 0 unspecified atom stereocenters. The predicted octanol–water partition coefficient (Wildman–Crippen LogP) is 2.88. The number of ether oxygens (including phenoxy) is 1. The number of halogens is 1. The van der Waals surface area contributed by atoms with Crippen molar-refractivity contribution >= 4 is 11.8 Å². The summed E-state index contributed by atoms with van der Waals surface area (Å²) in [5, 5.41) is 6.45. The van der Waals surface area contributed by atoms with Gasteiger partial charge in [0.15, 0.2) is 0 Å². The van der Waals surface area contributed by atoms with Gasteiger partial charge in [-0.1, -0.05) is 18.2 Å². The molecule has 23 heavy (non-hydrogen) atoms. The highest BCUT2D eigenvalue weighted by molar-refractivity contribution is 7.98. The minimum atomic E-state index is -0.283. The number of H-pyrrole nitrogens is 1. The summed E-state index contributed by atoms with van der Waals surface area (Å²) in [7, 11) is 0. The zero-order valence-corrected chi connectivity index (χ0v) is 12.8. The van der Waals surface area contributed by atoms with E-state index < -0.39 is 0 Å². The first-order chi connectivity index (χ1) is 11.2. The number of hydrogen-bond acceptors (Lipinski definition) is 4. The number of nitrogens with one attached hydrogen (secondary N) is 1. The monoisotopic (exact) mass is 329 g/mol. The second-order valence-electron chi connectivity index (χ2n) is 5.08. The first-order valence-corrected chi connectivity index (χ1v) is 8.00. The van der Waals surface area contributed by atoms with Gasteiger partial charge in [0.1, 0.15) is 24.0 Å². The van der Waals surface area contributed by atoms with Gasteiger partial charge in [-0.2, -0.15) is 5.10 Å². The van der Waals surface area contributed by atoms with Gasteiger partial charge in [-0.3, -0.25) is 0 Å². The van der Waals surface area contributed by atoms with Crippen molar-refractivity contribution in [1.29, 1.82) is 0 Å². The Kier molecular flexibility index (Phi) is 3.42. The van der Waals surface area contributed by atoms with Crippen molar-refractivity contribution in [3.63, 3.8) is 0 Å². The van der Waals surface area contributed by atoms with E-state index >= 15 is 0 Å². The van der Waals surface area contributed by atoms with Crippen LogP contribution in [0.15, 0.2) is 52.2 Å². The molecule has 0 saturated heterocycles. The molecule has 0 atom stereocenters. The van der Waals surface area contributed by atoms with Gasteiger partial charge in [-0.05, 0) is 24.3 Å². The molecule has 2 heterocycles. The molecule has 1 aliphatic rings. The number of rotatable bonds is 3. The van der Waals surface area contributed by atoms with E-state index in [-0.39, 0.29) is 18.1 Å². The fourth-order valence-electron chi connectivity index (χ4n) is 2.48. The van der Waals surface area contributed by atoms with Gasteiger partial charge in [-0.25, -0.2) is 18.9 Å². The second kappa shape index (κ2) is 5.58. The molecule has 5 nitrogen and oxygen atoms in total. The van der Waals surface area contributed by atoms with E-state index in [9.17, 15) is 9.18 Å². The fraction of sp³-hybridized carbons (Fsp3) is 0.125. The first-order valence-electron chi connectivity index (χ1n) is 7.02. The SMILES string of the molecule is O=c1[nH]nc2n1-c1ccc(OCc3ccccc3F)cc1SC2. The van der Waals surface area contributed by atoms with Crippen molar-refractivity contribution in [2.45, 2.75) is 17.3 Å². The standard InChI is InChI=1S/C16H12FN3O2S/c17-12-4-2-1-3-10(12)8-22-11-5-6-13-14(7-11)23-9-15-18-19-16(21)20(13)15/h1-7H,8-9H2,(H,19,21). The van der Waals surface area contributed by atoms with Crippen molar-refractivity contribution in [3.8, 4) is 11.4 Å². The zero-order valence-electron chi connectivity index (χ0n) is 12.0. The normalized spacial score (nSPS) is 12.6. The Bertz CT molecular complexity index is 935. The van der Waals surface area contributed by atoms with Gasteiger partial charge >= 0.3 is 5.69 Å². The number of nitrogens with zero attached hydrogens (tertiary/aromatic N) is 2. The first kappa shape index (κ1) is 14.1. The summed E-state index contributed by atoms with van der Waals surface area (Å²) in [6.07, 6.45) is 0. The Morgan fingerprint density at radius 3 is 3.04 bits per heavy atom. The van der Waals surface area contributed by atoms with E-state index in [4.69, 9.17) is 4.74 Å². The molecule has 0 bridgehead atoms. The fourth-order valence-corrected chi connectivity index (χ4v) is 3.46. The molecule has 1 N–H and O–H groups in total. The van der Waals surface area contributed by atoms with Crippen LogP contribution >= 0.6 is 11.8 Å².